The standard InChI is InChI=1S/C14H16FNO4S/c1-14(17,9-12-3-2-8-20-12)10-16-21(18,19)13-6-4-11(15)5-7-13/h2-8,16-17H,9-10H2,1H3. The van der Waals surface area contributed by atoms with Crippen LogP contribution in [0.2, 0.25) is 0 Å². The molecule has 1 aromatic carbocycles. The number of hydrogen-bond donors (Lipinski definition) is 2. The van der Waals surface area contributed by atoms with E-state index in [-0.39, 0.29) is 17.9 Å². The number of nitrogens with one attached hydrogen (secondary N) is 1. The van der Waals surface area contributed by atoms with Crippen LogP contribution in [0.1, 0.15) is 12.7 Å². The highest BCUT2D eigenvalue weighted by Gasteiger charge is 2.25. The zero-order valence-corrected chi connectivity index (χ0v) is 12.2. The van der Waals surface area contributed by atoms with Crippen molar-refractivity contribution in [3.63, 3.8) is 0 Å². The minimum atomic E-state index is -3.80. The summed E-state index contributed by atoms with van der Waals surface area (Å²) < 4.78 is 44.3. The van der Waals surface area contributed by atoms with Crippen molar-refractivity contribution in [2.75, 3.05) is 6.54 Å². The Hall–Kier alpha value is -1.70. The third-order valence-electron chi connectivity index (χ3n) is 2.90. The SMILES string of the molecule is CC(O)(CNS(=O)(=O)c1ccc(F)cc1)Cc1ccco1. The van der Waals surface area contributed by atoms with Gasteiger partial charge in [0.15, 0.2) is 0 Å². The van der Waals surface area contributed by atoms with E-state index < -0.39 is 21.4 Å². The van der Waals surface area contributed by atoms with E-state index in [2.05, 4.69) is 4.72 Å². The summed E-state index contributed by atoms with van der Waals surface area (Å²) >= 11 is 0. The molecule has 0 radical (unpaired) electrons. The quantitative estimate of drug-likeness (QED) is 0.850. The molecule has 0 bridgehead atoms. The van der Waals surface area contributed by atoms with Gasteiger partial charge in [-0.15, -0.1) is 0 Å². The Morgan fingerprint density at radius 3 is 2.52 bits per heavy atom. The second-order valence-corrected chi connectivity index (χ2v) is 6.80. The molecular formula is C14H16FNO4S. The number of aliphatic hydroxyl groups is 1. The highest BCUT2D eigenvalue weighted by Crippen LogP contribution is 2.15. The second-order valence-electron chi connectivity index (χ2n) is 5.03. The van der Waals surface area contributed by atoms with Gasteiger partial charge < -0.3 is 9.52 Å². The maximum Gasteiger partial charge on any atom is 0.240 e. The highest BCUT2D eigenvalue weighted by molar-refractivity contribution is 7.89. The molecule has 5 nitrogen and oxygen atoms in total. The summed E-state index contributed by atoms with van der Waals surface area (Å²) in [5.41, 5.74) is -1.30. The topological polar surface area (TPSA) is 79.5 Å². The molecule has 21 heavy (non-hydrogen) atoms. The van der Waals surface area contributed by atoms with E-state index in [9.17, 15) is 17.9 Å². The zero-order valence-electron chi connectivity index (χ0n) is 11.4. The molecule has 0 saturated heterocycles. The summed E-state index contributed by atoms with van der Waals surface area (Å²) in [6, 6.07) is 7.85. The first kappa shape index (κ1) is 15.7. The molecule has 7 heteroatoms. The molecule has 0 saturated carbocycles. The molecule has 1 aromatic heterocycles. The lowest BCUT2D eigenvalue weighted by atomic mass is 10.0. The van der Waals surface area contributed by atoms with Crippen LogP contribution in [0.5, 0.6) is 0 Å². The van der Waals surface area contributed by atoms with Gasteiger partial charge in [-0.2, -0.15) is 0 Å². The van der Waals surface area contributed by atoms with Crippen molar-refractivity contribution in [1.82, 2.24) is 4.72 Å². The first-order valence-corrected chi connectivity index (χ1v) is 7.77. The lowest BCUT2D eigenvalue weighted by Gasteiger charge is -2.22. The maximum absolute atomic E-state index is 12.8. The Kier molecular flexibility index (Phi) is 4.46. The fourth-order valence-corrected chi connectivity index (χ4v) is 2.96. The van der Waals surface area contributed by atoms with Gasteiger partial charge in [0, 0.05) is 13.0 Å². The molecule has 2 N–H and O–H groups in total. The Balaban J connectivity index is 2.02. The van der Waals surface area contributed by atoms with Crippen molar-refractivity contribution in [2.45, 2.75) is 23.8 Å². The lowest BCUT2D eigenvalue weighted by molar-refractivity contribution is 0.0603. The smallest absolute Gasteiger partial charge is 0.240 e. The number of halogens is 1. The third kappa shape index (κ3) is 4.38. The minimum absolute atomic E-state index is 0.0577. The van der Waals surface area contributed by atoms with Crippen LogP contribution >= 0.6 is 0 Å². The van der Waals surface area contributed by atoms with E-state index in [0.717, 1.165) is 12.1 Å². The van der Waals surface area contributed by atoms with Crippen LogP contribution in [0.3, 0.4) is 0 Å². The average Bonchev–Trinajstić information content (AvgIpc) is 2.89. The number of rotatable bonds is 6. The molecule has 0 amide bonds. The van der Waals surface area contributed by atoms with Crippen molar-refractivity contribution in [3.05, 3.63) is 54.2 Å². The first-order valence-electron chi connectivity index (χ1n) is 6.28. The average molecular weight is 313 g/mol. The largest absolute Gasteiger partial charge is 0.469 e. The molecule has 0 spiro atoms. The highest BCUT2D eigenvalue weighted by atomic mass is 32.2. The van der Waals surface area contributed by atoms with E-state index in [4.69, 9.17) is 4.42 Å². The molecule has 2 rings (SSSR count). The Morgan fingerprint density at radius 2 is 1.95 bits per heavy atom. The van der Waals surface area contributed by atoms with Gasteiger partial charge in [0.2, 0.25) is 10.0 Å². The molecule has 0 aliphatic heterocycles. The Morgan fingerprint density at radius 1 is 1.29 bits per heavy atom. The van der Waals surface area contributed by atoms with Crippen molar-refractivity contribution >= 4 is 10.0 Å². The molecule has 0 fully saturated rings. The van der Waals surface area contributed by atoms with Gasteiger partial charge in [-0.1, -0.05) is 0 Å². The van der Waals surface area contributed by atoms with E-state index in [1.165, 1.54) is 25.3 Å². The van der Waals surface area contributed by atoms with Crippen LogP contribution in [-0.2, 0) is 16.4 Å². The van der Waals surface area contributed by atoms with Gasteiger partial charge in [0.05, 0.1) is 16.8 Å². The zero-order chi connectivity index (χ0) is 15.5. The molecule has 1 atom stereocenters. The van der Waals surface area contributed by atoms with E-state index >= 15 is 0 Å². The summed E-state index contributed by atoms with van der Waals surface area (Å²) in [5.74, 6) is 0.0414. The first-order chi connectivity index (χ1) is 9.78. The van der Waals surface area contributed by atoms with Gasteiger partial charge in [0.25, 0.3) is 0 Å². The normalized spacial score (nSPS) is 14.8. The van der Waals surface area contributed by atoms with Crippen molar-refractivity contribution in [3.8, 4) is 0 Å². The van der Waals surface area contributed by atoms with Crippen LogP contribution in [0.4, 0.5) is 4.39 Å². The summed E-state index contributed by atoms with van der Waals surface area (Å²) in [7, 11) is -3.80. The molecule has 0 aliphatic rings. The van der Waals surface area contributed by atoms with Crippen molar-refractivity contribution in [2.24, 2.45) is 0 Å². The lowest BCUT2D eigenvalue weighted by Crippen LogP contribution is -2.42. The third-order valence-corrected chi connectivity index (χ3v) is 4.32. The molecule has 114 valence electrons. The summed E-state index contributed by atoms with van der Waals surface area (Å²) in [6.45, 7) is 1.32. The van der Waals surface area contributed by atoms with Gasteiger partial charge in [0.1, 0.15) is 11.6 Å². The predicted molar refractivity (Wildman–Crippen MR) is 74.6 cm³/mol. The van der Waals surface area contributed by atoms with E-state index in [1.54, 1.807) is 12.1 Å². The van der Waals surface area contributed by atoms with Gasteiger partial charge in [-0.3, -0.25) is 0 Å². The number of hydrogen-bond acceptors (Lipinski definition) is 4. The summed E-state index contributed by atoms with van der Waals surface area (Å²) in [6.07, 6.45) is 1.65. The van der Waals surface area contributed by atoms with Gasteiger partial charge >= 0.3 is 0 Å². The fourth-order valence-electron chi connectivity index (χ4n) is 1.80. The van der Waals surface area contributed by atoms with Crippen molar-refractivity contribution < 1.29 is 22.3 Å². The van der Waals surface area contributed by atoms with Gasteiger partial charge in [-0.05, 0) is 43.3 Å². The maximum atomic E-state index is 12.8. The van der Waals surface area contributed by atoms with Crippen LogP contribution in [-0.4, -0.2) is 25.7 Å². The summed E-state index contributed by atoms with van der Waals surface area (Å²) in [5, 5.41) is 10.2. The van der Waals surface area contributed by atoms with E-state index in [0.29, 0.717) is 5.76 Å². The molecule has 1 heterocycles. The number of sulfonamides is 1. The molecule has 1 unspecified atom stereocenters. The molecule has 2 aromatic rings. The Bertz CT molecular complexity index is 678. The van der Waals surface area contributed by atoms with Crippen LogP contribution < -0.4 is 4.72 Å². The van der Waals surface area contributed by atoms with Crippen LogP contribution in [0.25, 0.3) is 0 Å². The van der Waals surface area contributed by atoms with Crippen LogP contribution in [0.15, 0.2) is 52.0 Å². The van der Waals surface area contributed by atoms with E-state index in [1.807, 2.05) is 0 Å². The Labute approximate surface area is 122 Å². The second kappa shape index (κ2) is 5.97. The fraction of sp³-hybridized carbons (Fsp3) is 0.286. The monoisotopic (exact) mass is 313 g/mol. The molecule has 0 aliphatic carbocycles. The number of furan rings is 1. The predicted octanol–water partition coefficient (Wildman–Crippen LogP) is 1.69. The summed E-state index contributed by atoms with van der Waals surface area (Å²) in [4.78, 5) is -0.0577. The number of benzene rings is 1. The van der Waals surface area contributed by atoms with Gasteiger partial charge in [-0.25, -0.2) is 17.5 Å². The molecular weight excluding hydrogens is 297 g/mol. The van der Waals surface area contributed by atoms with Crippen LogP contribution in [0, 0.1) is 5.82 Å². The minimum Gasteiger partial charge on any atom is -0.469 e. The van der Waals surface area contributed by atoms with Crippen molar-refractivity contribution in [1.29, 1.82) is 0 Å².